The number of benzene rings is 1. The maximum atomic E-state index is 11.1. The molecule has 13 heavy (non-hydrogen) atoms. The fourth-order valence-corrected chi connectivity index (χ4v) is 2.67. The van der Waals surface area contributed by atoms with Gasteiger partial charge in [0.25, 0.3) is 0 Å². The summed E-state index contributed by atoms with van der Waals surface area (Å²) in [5.74, 6) is -1.24. The summed E-state index contributed by atoms with van der Waals surface area (Å²) in [7, 11) is -3.49. The maximum absolute atomic E-state index is 11.1. The van der Waals surface area contributed by atoms with Crippen LogP contribution >= 0.6 is 21.2 Å². The minimum absolute atomic E-state index is 0.164. The second-order valence-electron chi connectivity index (χ2n) is 2.24. The van der Waals surface area contributed by atoms with Crippen LogP contribution in [-0.2, 0) is 7.01 Å². The number of carboxylic acid groups (broad SMARTS) is 1. The molecule has 1 aromatic rings. The molecule has 1 N–H and O–H groups in total. The van der Waals surface area contributed by atoms with Gasteiger partial charge in [-0.1, -0.05) is 12.1 Å². The number of hydrogen-bond donors (Lipinski definition) is 1. The van der Waals surface area contributed by atoms with Crippen LogP contribution in [0.25, 0.3) is 0 Å². The van der Waals surface area contributed by atoms with Crippen LogP contribution < -0.4 is 0 Å². The molecule has 0 aliphatic carbocycles. The zero-order chi connectivity index (χ0) is 10.1. The third kappa shape index (κ3) is 2.41. The van der Waals surface area contributed by atoms with Crippen LogP contribution in [0.1, 0.15) is 10.4 Å². The summed E-state index contributed by atoms with van der Waals surface area (Å²) in [6.45, 7) is 0. The molecule has 6 heteroatoms. The Balaban J connectivity index is 3.46. The van der Waals surface area contributed by atoms with E-state index < -0.39 is 13.0 Å². The lowest BCUT2D eigenvalue weighted by atomic mass is 10.2. The Kier molecular flexibility index (Phi) is 2.91. The number of aromatic carboxylic acids is 1. The molecule has 0 aromatic heterocycles. The van der Waals surface area contributed by atoms with Crippen molar-refractivity contribution in [1.29, 1.82) is 0 Å². The van der Waals surface area contributed by atoms with Crippen LogP contribution in [0.5, 0.6) is 0 Å². The van der Waals surface area contributed by atoms with Crippen molar-refractivity contribution in [3.8, 4) is 0 Å². The predicted molar refractivity (Wildman–Crippen MR) is 54.6 cm³/mol. The molecule has 0 fully saturated rings. The molecule has 0 atom stereocenters. The summed E-state index contributed by atoms with van der Waals surface area (Å²) < 4.78 is 22.2. The van der Waals surface area contributed by atoms with E-state index in [9.17, 15) is 13.2 Å². The second kappa shape index (κ2) is 3.62. The van der Waals surface area contributed by atoms with E-state index in [1.54, 1.807) is 0 Å². The highest BCUT2D eigenvalue weighted by Crippen LogP contribution is 2.21. The Hall–Kier alpha value is -0.630. The van der Waals surface area contributed by atoms with Gasteiger partial charge in [-0.15, -0.1) is 0 Å². The highest BCUT2D eigenvalue weighted by atomic mass is 127. The van der Waals surface area contributed by atoms with Gasteiger partial charge in [0, 0.05) is 0 Å². The quantitative estimate of drug-likeness (QED) is 0.664. The van der Waals surface area contributed by atoms with Crippen molar-refractivity contribution in [3.63, 3.8) is 0 Å². The van der Waals surface area contributed by atoms with Gasteiger partial charge in [0.05, 0.1) is 31.7 Å². The first kappa shape index (κ1) is 10.5. The lowest BCUT2D eigenvalue weighted by Gasteiger charge is -2.00. The Bertz CT molecular complexity index is 438. The third-order valence-electron chi connectivity index (χ3n) is 1.38. The largest absolute Gasteiger partial charge is 0.478 e. The third-order valence-corrected chi connectivity index (χ3v) is 3.68. The first-order chi connectivity index (χ1) is 5.93. The SMILES string of the molecule is O=C(O)c1ccccc1S(=O)(=O)I. The second-order valence-corrected chi connectivity index (χ2v) is 7.03. The van der Waals surface area contributed by atoms with Crippen LogP contribution in [0, 0.1) is 0 Å². The molecule has 0 radical (unpaired) electrons. The molecule has 0 aliphatic rings. The van der Waals surface area contributed by atoms with E-state index in [0.717, 1.165) is 0 Å². The van der Waals surface area contributed by atoms with Crippen molar-refractivity contribution in [2.45, 2.75) is 4.90 Å². The molecular weight excluding hydrogens is 307 g/mol. The Morgan fingerprint density at radius 3 is 2.23 bits per heavy atom. The highest BCUT2D eigenvalue weighted by Gasteiger charge is 2.18. The fourth-order valence-electron chi connectivity index (χ4n) is 0.856. The standard InChI is InChI=1S/C7H5IO4S/c8-13(11,12)6-4-2-1-3-5(6)7(9)10/h1-4H,(H,9,10). The summed E-state index contributed by atoms with van der Waals surface area (Å²) in [6, 6.07) is 5.49. The van der Waals surface area contributed by atoms with E-state index in [4.69, 9.17) is 5.11 Å². The van der Waals surface area contributed by atoms with Gasteiger partial charge in [-0.2, -0.15) is 0 Å². The summed E-state index contributed by atoms with van der Waals surface area (Å²) in [6.07, 6.45) is 0. The van der Waals surface area contributed by atoms with E-state index in [0.29, 0.717) is 0 Å². The minimum atomic E-state index is -3.49. The molecule has 0 aliphatic heterocycles. The molecule has 0 spiro atoms. The molecule has 0 unspecified atom stereocenters. The lowest BCUT2D eigenvalue weighted by molar-refractivity contribution is 0.0693. The van der Waals surface area contributed by atoms with Crippen molar-refractivity contribution in [3.05, 3.63) is 29.8 Å². The molecule has 0 heterocycles. The van der Waals surface area contributed by atoms with E-state index in [2.05, 4.69) is 0 Å². The number of hydrogen-bond acceptors (Lipinski definition) is 3. The molecule has 0 saturated carbocycles. The molecular formula is C7H5IO4S. The number of carbonyl (C=O) groups is 1. The first-order valence-corrected chi connectivity index (χ1v) is 7.22. The lowest BCUT2D eigenvalue weighted by Crippen LogP contribution is -2.03. The van der Waals surface area contributed by atoms with Gasteiger partial charge in [-0.3, -0.25) is 0 Å². The van der Waals surface area contributed by atoms with Crippen LogP contribution in [-0.4, -0.2) is 19.5 Å². The molecule has 0 saturated heterocycles. The van der Waals surface area contributed by atoms with Gasteiger partial charge in [0.1, 0.15) is 0 Å². The van der Waals surface area contributed by atoms with Crippen molar-refractivity contribution in [2.75, 3.05) is 0 Å². The van der Waals surface area contributed by atoms with Crippen LogP contribution in [0.15, 0.2) is 29.2 Å². The van der Waals surface area contributed by atoms with Gasteiger partial charge in [-0.25, -0.2) is 13.2 Å². The van der Waals surface area contributed by atoms with Crippen LogP contribution in [0.3, 0.4) is 0 Å². The number of rotatable bonds is 2. The molecule has 1 aromatic carbocycles. The summed E-state index contributed by atoms with van der Waals surface area (Å²) in [5, 5.41) is 8.66. The maximum Gasteiger partial charge on any atom is 0.337 e. The summed E-state index contributed by atoms with van der Waals surface area (Å²) >= 11 is 1.21. The monoisotopic (exact) mass is 312 g/mol. The van der Waals surface area contributed by atoms with Gasteiger partial charge >= 0.3 is 5.97 Å². The van der Waals surface area contributed by atoms with Crippen molar-refractivity contribution < 1.29 is 18.3 Å². The van der Waals surface area contributed by atoms with Crippen LogP contribution in [0.2, 0.25) is 0 Å². The zero-order valence-corrected chi connectivity index (χ0v) is 9.24. The molecule has 0 bridgehead atoms. The topological polar surface area (TPSA) is 71.4 Å². The van der Waals surface area contributed by atoms with Gasteiger partial charge in [0.2, 0.25) is 7.01 Å². The molecule has 1 rings (SSSR count). The highest BCUT2D eigenvalue weighted by molar-refractivity contribution is 14.2. The number of carboxylic acids is 1. The van der Waals surface area contributed by atoms with E-state index in [-0.39, 0.29) is 10.5 Å². The van der Waals surface area contributed by atoms with E-state index in [1.165, 1.54) is 45.5 Å². The Morgan fingerprint density at radius 2 is 1.85 bits per heavy atom. The van der Waals surface area contributed by atoms with Gasteiger partial charge in [0.15, 0.2) is 0 Å². The van der Waals surface area contributed by atoms with Crippen molar-refractivity contribution >= 4 is 34.2 Å². The minimum Gasteiger partial charge on any atom is -0.478 e. The summed E-state index contributed by atoms with van der Waals surface area (Å²) in [5.41, 5.74) is -0.197. The van der Waals surface area contributed by atoms with Crippen molar-refractivity contribution in [2.24, 2.45) is 0 Å². The van der Waals surface area contributed by atoms with E-state index in [1.807, 2.05) is 0 Å². The van der Waals surface area contributed by atoms with Gasteiger partial charge < -0.3 is 5.11 Å². The zero-order valence-electron chi connectivity index (χ0n) is 6.27. The smallest absolute Gasteiger partial charge is 0.337 e. The normalized spacial score (nSPS) is 11.2. The predicted octanol–water partition coefficient (Wildman–Crippen LogP) is 1.51. The Labute approximate surface area is 87.1 Å². The molecule has 4 nitrogen and oxygen atoms in total. The first-order valence-electron chi connectivity index (χ1n) is 3.20. The molecule has 0 amide bonds. The van der Waals surface area contributed by atoms with Crippen LogP contribution in [0.4, 0.5) is 0 Å². The average molecular weight is 312 g/mol. The Morgan fingerprint density at radius 1 is 1.31 bits per heavy atom. The number of halogens is 1. The fraction of sp³-hybridized carbons (Fsp3) is 0. The summed E-state index contributed by atoms with van der Waals surface area (Å²) in [4.78, 5) is 10.4. The van der Waals surface area contributed by atoms with Gasteiger partial charge in [-0.05, 0) is 12.1 Å². The van der Waals surface area contributed by atoms with E-state index >= 15 is 0 Å². The van der Waals surface area contributed by atoms with Crippen molar-refractivity contribution in [1.82, 2.24) is 0 Å². The average Bonchev–Trinajstić information content (AvgIpc) is 2.03. The molecule has 70 valence electrons.